The van der Waals surface area contributed by atoms with E-state index in [0.717, 1.165) is 29.6 Å². The Hall–Kier alpha value is -1.69. The number of nitrogen functional groups attached to an aromatic ring is 1. The van der Waals surface area contributed by atoms with Gasteiger partial charge < -0.3 is 5.73 Å². The minimum Gasteiger partial charge on any atom is -0.395 e. The number of anilines is 1. The quantitative estimate of drug-likeness (QED) is 0.660. The van der Waals surface area contributed by atoms with Crippen molar-refractivity contribution >= 4 is 17.4 Å². The molecule has 17 heavy (non-hydrogen) atoms. The summed E-state index contributed by atoms with van der Waals surface area (Å²) in [5.41, 5.74) is 6.20. The van der Waals surface area contributed by atoms with Gasteiger partial charge in [0.25, 0.3) is 0 Å². The predicted octanol–water partition coefficient (Wildman–Crippen LogP) is 2.80. The van der Waals surface area contributed by atoms with Gasteiger partial charge in [0.2, 0.25) is 0 Å². The Kier molecular flexibility index (Phi) is 3.23. The average molecular weight is 253 g/mol. The summed E-state index contributed by atoms with van der Waals surface area (Å²) in [5.74, 6) is -1.45. The summed E-state index contributed by atoms with van der Waals surface area (Å²) in [6, 6.07) is 3.64. The molecule has 0 fully saturated rings. The fraction of sp³-hybridized carbons (Fsp3) is 0.0909. The molecule has 2 N–H and O–H groups in total. The minimum atomic E-state index is -0.778. The van der Waals surface area contributed by atoms with E-state index in [9.17, 15) is 8.78 Å². The van der Waals surface area contributed by atoms with Crippen molar-refractivity contribution in [3.63, 3.8) is 0 Å². The molecule has 1 aromatic heterocycles. The molecular formula is C11H9F2N3S. The largest absolute Gasteiger partial charge is 0.395 e. The van der Waals surface area contributed by atoms with E-state index in [1.54, 1.807) is 19.2 Å². The highest BCUT2D eigenvalue weighted by molar-refractivity contribution is 7.99. The van der Waals surface area contributed by atoms with Crippen LogP contribution < -0.4 is 5.73 Å². The SMILES string of the molecule is Cc1ccnc(Sc2cc(F)cc(F)c2N)n1. The lowest BCUT2D eigenvalue weighted by Crippen LogP contribution is -1.96. The molecule has 0 saturated heterocycles. The Morgan fingerprint density at radius 1 is 1.29 bits per heavy atom. The monoisotopic (exact) mass is 253 g/mol. The smallest absolute Gasteiger partial charge is 0.192 e. The first-order valence-electron chi connectivity index (χ1n) is 4.78. The maximum atomic E-state index is 13.2. The Bertz CT molecular complexity index is 560. The van der Waals surface area contributed by atoms with E-state index < -0.39 is 11.6 Å². The number of nitrogens with two attached hydrogens (primary N) is 1. The van der Waals surface area contributed by atoms with E-state index in [0.29, 0.717) is 5.16 Å². The van der Waals surface area contributed by atoms with Gasteiger partial charge in [0, 0.05) is 22.9 Å². The van der Waals surface area contributed by atoms with Gasteiger partial charge >= 0.3 is 0 Å². The molecule has 2 rings (SSSR count). The van der Waals surface area contributed by atoms with Crippen LogP contribution in [0.1, 0.15) is 5.69 Å². The van der Waals surface area contributed by atoms with Crippen molar-refractivity contribution in [2.24, 2.45) is 0 Å². The molecule has 0 spiro atoms. The van der Waals surface area contributed by atoms with Crippen LogP contribution in [-0.2, 0) is 0 Å². The van der Waals surface area contributed by atoms with E-state index in [4.69, 9.17) is 5.73 Å². The molecule has 0 aliphatic rings. The van der Waals surface area contributed by atoms with Crippen molar-refractivity contribution in [2.45, 2.75) is 17.0 Å². The third-order valence-electron chi connectivity index (χ3n) is 2.03. The lowest BCUT2D eigenvalue weighted by atomic mass is 10.3. The third kappa shape index (κ3) is 2.71. The van der Waals surface area contributed by atoms with Gasteiger partial charge in [0.1, 0.15) is 11.6 Å². The summed E-state index contributed by atoms with van der Waals surface area (Å²) in [6.45, 7) is 1.81. The van der Waals surface area contributed by atoms with E-state index >= 15 is 0 Å². The standard InChI is InChI=1S/C11H9F2N3S/c1-6-2-3-15-11(16-6)17-9-5-7(12)4-8(13)10(9)14/h2-5H,14H2,1H3. The summed E-state index contributed by atoms with van der Waals surface area (Å²) < 4.78 is 26.2. The van der Waals surface area contributed by atoms with Gasteiger partial charge in [-0.25, -0.2) is 18.7 Å². The molecule has 0 aliphatic carbocycles. The molecule has 2 aromatic rings. The zero-order valence-corrected chi connectivity index (χ0v) is 9.76. The fourth-order valence-electron chi connectivity index (χ4n) is 1.22. The van der Waals surface area contributed by atoms with Crippen LogP contribution in [0.15, 0.2) is 34.4 Å². The van der Waals surface area contributed by atoms with Gasteiger partial charge in [-0.05, 0) is 30.8 Å². The van der Waals surface area contributed by atoms with Crippen LogP contribution in [0.3, 0.4) is 0 Å². The van der Waals surface area contributed by atoms with Crippen molar-refractivity contribution in [3.05, 3.63) is 41.7 Å². The molecule has 88 valence electrons. The highest BCUT2D eigenvalue weighted by Crippen LogP contribution is 2.32. The number of halogens is 2. The highest BCUT2D eigenvalue weighted by atomic mass is 32.2. The molecule has 1 aromatic carbocycles. The summed E-state index contributed by atoms with van der Waals surface area (Å²) in [4.78, 5) is 8.38. The first-order chi connectivity index (χ1) is 8.06. The summed E-state index contributed by atoms with van der Waals surface area (Å²) in [7, 11) is 0. The van der Waals surface area contributed by atoms with Crippen LogP contribution in [0, 0.1) is 18.6 Å². The maximum Gasteiger partial charge on any atom is 0.192 e. The molecule has 0 bridgehead atoms. The molecule has 6 heteroatoms. The molecular weight excluding hydrogens is 244 g/mol. The second kappa shape index (κ2) is 4.67. The van der Waals surface area contributed by atoms with Gasteiger partial charge in [0.05, 0.1) is 5.69 Å². The van der Waals surface area contributed by atoms with Crippen molar-refractivity contribution in [3.8, 4) is 0 Å². The summed E-state index contributed by atoms with van der Waals surface area (Å²) in [5, 5.41) is 0.404. The van der Waals surface area contributed by atoms with Crippen LogP contribution in [0.25, 0.3) is 0 Å². The van der Waals surface area contributed by atoms with Crippen LogP contribution in [0.5, 0.6) is 0 Å². The van der Waals surface area contributed by atoms with Crippen molar-refractivity contribution in [1.82, 2.24) is 9.97 Å². The Labute approximate surface area is 101 Å². The van der Waals surface area contributed by atoms with Crippen molar-refractivity contribution in [1.29, 1.82) is 0 Å². The maximum absolute atomic E-state index is 13.2. The molecule has 0 amide bonds. The zero-order valence-electron chi connectivity index (χ0n) is 8.95. The number of hydrogen-bond donors (Lipinski definition) is 1. The Morgan fingerprint density at radius 2 is 2.06 bits per heavy atom. The van der Waals surface area contributed by atoms with Gasteiger partial charge in [-0.2, -0.15) is 0 Å². The third-order valence-corrected chi connectivity index (χ3v) is 2.97. The molecule has 0 unspecified atom stereocenters. The Morgan fingerprint density at radius 3 is 2.76 bits per heavy atom. The predicted molar refractivity (Wildman–Crippen MR) is 61.7 cm³/mol. The van der Waals surface area contributed by atoms with Crippen molar-refractivity contribution in [2.75, 3.05) is 5.73 Å². The van der Waals surface area contributed by atoms with Gasteiger partial charge in [-0.1, -0.05) is 0 Å². The summed E-state index contributed by atoms with van der Waals surface area (Å²) in [6.07, 6.45) is 1.58. The second-order valence-corrected chi connectivity index (χ2v) is 4.39. The van der Waals surface area contributed by atoms with Crippen LogP contribution in [0.2, 0.25) is 0 Å². The first-order valence-corrected chi connectivity index (χ1v) is 5.60. The summed E-state index contributed by atoms with van der Waals surface area (Å²) >= 11 is 1.03. The van der Waals surface area contributed by atoms with Gasteiger partial charge in [0.15, 0.2) is 5.16 Å². The van der Waals surface area contributed by atoms with E-state index in [2.05, 4.69) is 9.97 Å². The topological polar surface area (TPSA) is 51.8 Å². The number of aryl methyl sites for hydroxylation is 1. The molecule has 1 heterocycles. The molecule has 0 atom stereocenters. The second-order valence-electron chi connectivity index (χ2n) is 3.38. The number of rotatable bonds is 2. The lowest BCUT2D eigenvalue weighted by molar-refractivity contribution is 0.581. The number of aromatic nitrogens is 2. The lowest BCUT2D eigenvalue weighted by Gasteiger charge is -2.05. The van der Waals surface area contributed by atoms with Crippen LogP contribution in [0.4, 0.5) is 14.5 Å². The van der Waals surface area contributed by atoms with Crippen LogP contribution in [-0.4, -0.2) is 9.97 Å². The normalized spacial score (nSPS) is 10.5. The molecule has 0 saturated carbocycles. The fourth-order valence-corrected chi connectivity index (χ4v) is 2.10. The van der Waals surface area contributed by atoms with E-state index in [1.165, 1.54) is 0 Å². The highest BCUT2D eigenvalue weighted by Gasteiger charge is 2.11. The first kappa shape index (κ1) is 11.8. The Balaban J connectivity index is 2.36. The molecule has 3 nitrogen and oxygen atoms in total. The molecule has 0 radical (unpaired) electrons. The average Bonchev–Trinajstić information content (AvgIpc) is 2.25. The van der Waals surface area contributed by atoms with E-state index in [-0.39, 0.29) is 10.6 Å². The van der Waals surface area contributed by atoms with Gasteiger partial charge in [-0.3, -0.25) is 0 Å². The number of benzene rings is 1. The van der Waals surface area contributed by atoms with Crippen molar-refractivity contribution < 1.29 is 8.78 Å². The minimum absolute atomic E-state index is 0.0958. The zero-order chi connectivity index (χ0) is 12.4. The van der Waals surface area contributed by atoms with E-state index in [1.807, 2.05) is 0 Å². The molecule has 0 aliphatic heterocycles. The van der Waals surface area contributed by atoms with Gasteiger partial charge in [-0.15, -0.1) is 0 Å². The number of nitrogens with zero attached hydrogens (tertiary/aromatic N) is 2. The van der Waals surface area contributed by atoms with Crippen LogP contribution >= 0.6 is 11.8 Å². The number of hydrogen-bond acceptors (Lipinski definition) is 4.